The zero-order chi connectivity index (χ0) is 14.3. The van der Waals surface area contributed by atoms with Crippen LogP contribution in [0.5, 0.6) is 0 Å². The number of nitrogens with zero attached hydrogens (tertiary/aromatic N) is 2. The third-order valence-corrected chi connectivity index (χ3v) is 3.53. The Morgan fingerprint density at radius 3 is 3.00 bits per heavy atom. The van der Waals surface area contributed by atoms with Crippen molar-refractivity contribution in [2.75, 3.05) is 17.2 Å². The number of aryl methyl sites for hydroxylation is 1. The van der Waals surface area contributed by atoms with E-state index in [-0.39, 0.29) is 11.7 Å². The second kappa shape index (κ2) is 4.59. The molecule has 102 valence electrons. The van der Waals surface area contributed by atoms with Gasteiger partial charge in [-0.2, -0.15) is 0 Å². The first-order valence-electron chi connectivity index (χ1n) is 6.38. The average Bonchev–Trinajstić information content (AvgIpc) is 2.83. The predicted octanol–water partition coefficient (Wildman–Crippen LogP) is 2.31. The van der Waals surface area contributed by atoms with Crippen molar-refractivity contribution >= 4 is 17.3 Å². The fourth-order valence-corrected chi connectivity index (χ4v) is 2.47. The number of amides is 1. The van der Waals surface area contributed by atoms with Crippen LogP contribution in [0.25, 0.3) is 0 Å². The Hall–Kier alpha value is -2.43. The van der Waals surface area contributed by atoms with Crippen molar-refractivity contribution in [3.63, 3.8) is 0 Å². The van der Waals surface area contributed by atoms with Crippen LogP contribution in [0, 0.1) is 12.7 Å². The molecule has 0 aliphatic carbocycles. The Kier molecular flexibility index (Phi) is 2.89. The predicted molar refractivity (Wildman–Crippen MR) is 75.2 cm³/mol. The van der Waals surface area contributed by atoms with Gasteiger partial charge < -0.3 is 10.6 Å². The van der Waals surface area contributed by atoms with Crippen molar-refractivity contribution < 1.29 is 9.18 Å². The lowest BCUT2D eigenvalue weighted by atomic mass is 10.1. The van der Waals surface area contributed by atoms with Gasteiger partial charge in [-0.05, 0) is 37.1 Å². The lowest BCUT2D eigenvalue weighted by Crippen LogP contribution is -2.29. The Labute approximate surface area is 116 Å². The highest BCUT2D eigenvalue weighted by Gasteiger charge is 2.27. The molecule has 2 N–H and O–H groups in total. The maximum absolute atomic E-state index is 13.4. The fraction of sp³-hybridized carbons (Fsp3) is 0.200. The summed E-state index contributed by atoms with van der Waals surface area (Å²) in [6.45, 7) is 2.31. The number of hydrogen-bond acceptors (Lipinski definition) is 3. The zero-order valence-corrected chi connectivity index (χ0v) is 11.1. The van der Waals surface area contributed by atoms with Crippen LogP contribution >= 0.6 is 0 Å². The number of benzene rings is 1. The molecule has 3 rings (SSSR count). The molecular formula is C15H14FN3O. The van der Waals surface area contributed by atoms with E-state index in [1.54, 1.807) is 24.0 Å². The number of pyridine rings is 1. The highest BCUT2D eigenvalue weighted by Crippen LogP contribution is 2.30. The van der Waals surface area contributed by atoms with Crippen molar-refractivity contribution in [3.05, 3.63) is 53.1 Å². The monoisotopic (exact) mass is 271 g/mol. The van der Waals surface area contributed by atoms with Gasteiger partial charge in [0.15, 0.2) is 0 Å². The number of halogens is 1. The van der Waals surface area contributed by atoms with Gasteiger partial charge in [-0.15, -0.1) is 0 Å². The molecule has 2 aromatic rings. The van der Waals surface area contributed by atoms with Gasteiger partial charge in [0, 0.05) is 6.54 Å². The summed E-state index contributed by atoms with van der Waals surface area (Å²) in [6, 6.07) is 6.15. The van der Waals surface area contributed by atoms with Crippen LogP contribution in [-0.2, 0) is 6.42 Å². The number of nitrogen functional groups attached to an aromatic ring is 1. The molecule has 1 aliphatic heterocycles. The van der Waals surface area contributed by atoms with E-state index in [0.717, 1.165) is 12.0 Å². The van der Waals surface area contributed by atoms with Crippen molar-refractivity contribution in [1.82, 2.24) is 4.98 Å². The number of nitrogens with two attached hydrogens (primary N) is 1. The maximum Gasteiger partial charge on any atom is 0.260 e. The minimum Gasteiger partial charge on any atom is -0.397 e. The lowest BCUT2D eigenvalue weighted by molar-refractivity contribution is 0.0988. The third-order valence-electron chi connectivity index (χ3n) is 3.53. The highest BCUT2D eigenvalue weighted by molar-refractivity contribution is 6.08. The normalized spacial score (nSPS) is 13.4. The van der Waals surface area contributed by atoms with Gasteiger partial charge >= 0.3 is 0 Å². The molecule has 2 heterocycles. The van der Waals surface area contributed by atoms with E-state index in [1.807, 2.05) is 0 Å². The third kappa shape index (κ3) is 2.01. The Morgan fingerprint density at radius 1 is 1.40 bits per heavy atom. The van der Waals surface area contributed by atoms with E-state index in [0.29, 0.717) is 29.2 Å². The summed E-state index contributed by atoms with van der Waals surface area (Å²) < 4.78 is 13.4. The highest BCUT2D eigenvalue weighted by atomic mass is 19.1. The first kappa shape index (κ1) is 12.6. The molecule has 0 spiro atoms. The minimum absolute atomic E-state index is 0.188. The van der Waals surface area contributed by atoms with Crippen molar-refractivity contribution in [2.45, 2.75) is 13.3 Å². The van der Waals surface area contributed by atoms with Gasteiger partial charge in [0.05, 0.1) is 28.8 Å². The molecule has 5 heteroatoms. The van der Waals surface area contributed by atoms with Gasteiger partial charge in [0.2, 0.25) is 0 Å². The number of aromatic nitrogens is 1. The molecular weight excluding hydrogens is 257 g/mol. The average molecular weight is 271 g/mol. The van der Waals surface area contributed by atoms with E-state index in [1.165, 1.54) is 18.3 Å². The summed E-state index contributed by atoms with van der Waals surface area (Å²) in [7, 11) is 0. The van der Waals surface area contributed by atoms with Crippen LogP contribution in [-0.4, -0.2) is 17.4 Å². The fourth-order valence-electron chi connectivity index (χ4n) is 2.47. The molecule has 0 fully saturated rings. The topological polar surface area (TPSA) is 59.2 Å². The molecule has 1 aromatic carbocycles. The van der Waals surface area contributed by atoms with Crippen LogP contribution < -0.4 is 10.6 Å². The Bertz CT molecular complexity index is 700. The van der Waals surface area contributed by atoms with Crippen molar-refractivity contribution in [3.8, 4) is 0 Å². The van der Waals surface area contributed by atoms with E-state index in [4.69, 9.17) is 5.73 Å². The first-order valence-corrected chi connectivity index (χ1v) is 6.38. The van der Waals surface area contributed by atoms with Crippen LogP contribution in [0.4, 0.5) is 15.8 Å². The van der Waals surface area contributed by atoms with E-state index < -0.39 is 0 Å². The van der Waals surface area contributed by atoms with E-state index in [9.17, 15) is 9.18 Å². The van der Waals surface area contributed by atoms with Gasteiger partial charge in [0.1, 0.15) is 5.82 Å². The smallest absolute Gasteiger partial charge is 0.260 e. The van der Waals surface area contributed by atoms with Gasteiger partial charge in [-0.25, -0.2) is 4.39 Å². The second-order valence-electron chi connectivity index (χ2n) is 4.88. The first-order chi connectivity index (χ1) is 9.56. The SMILES string of the molecule is Cc1ncc(N)cc1C(=O)N1CCc2ccc(F)cc21. The van der Waals surface area contributed by atoms with Crippen molar-refractivity contribution in [1.29, 1.82) is 0 Å². The summed E-state index contributed by atoms with van der Waals surface area (Å²) in [4.78, 5) is 18.3. The largest absolute Gasteiger partial charge is 0.397 e. The molecule has 1 amide bonds. The van der Waals surface area contributed by atoms with Gasteiger partial charge in [-0.3, -0.25) is 9.78 Å². The Morgan fingerprint density at radius 2 is 2.20 bits per heavy atom. The second-order valence-corrected chi connectivity index (χ2v) is 4.88. The number of carbonyl (C=O) groups is 1. The van der Waals surface area contributed by atoms with Crippen LogP contribution in [0.3, 0.4) is 0 Å². The molecule has 0 bridgehead atoms. The lowest BCUT2D eigenvalue weighted by Gasteiger charge is -2.18. The molecule has 0 unspecified atom stereocenters. The number of hydrogen-bond donors (Lipinski definition) is 1. The molecule has 4 nitrogen and oxygen atoms in total. The zero-order valence-electron chi connectivity index (χ0n) is 11.1. The number of carbonyl (C=O) groups excluding carboxylic acids is 1. The number of rotatable bonds is 1. The number of anilines is 2. The Balaban J connectivity index is 2.01. The van der Waals surface area contributed by atoms with E-state index in [2.05, 4.69) is 4.98 Å². The molecule has 0 atom stereocenters. The minimum atomic E-state index is -0.342. The molecule has 0 radical (unpaired) electrons. The summed E-state index contributed by atoms with van der Waals surface area (Å²) in [5.74, 6) is -0.530. The molecule has 1 aromatic heterocycles. The van der Waals surface area contributed by atoms with E-state index >= 15 is 0 Å². The molecule has 1 aliphatic rings. The molecule has 20 heavy (non-hydrogen) atoms. The van der Waals surface area contributed by atoms with Crippen LogP contribution in [0.2, 0.25) is 0 Å². The maximum atomic E-state index is 13.4. The van der Waals surface area contributed by atoms with Gasteiger partial charge in [-0.1, -0.05) is 6.07 Å². The quantitative estimate of drug-likeness (QED) is 0.866. The summed E-state index contributed by atoms with van der Waals surface area (Å²) in [5, 5.41) is 0. The van der Waals surface area contributed by atoms with Crippen LogP contribution in [0.15, 0.2) is 30.5 Å². The summed E-state index contributed by atoms with van der Waals surface area (Å²) in [6.07, 6.45) is 2.25. The standard InChI is InChI=1S/C15H14FN3O/c1-9-13(7-12(17)8-18-9)15(20)19-5-4-10-2-3-11(16)6-14(10)19/h2-3,6-8H,4-5,17H2,1H3. The molecule has 0 saturated carbocycles. The van der Waals surface area contributed by atoms with Crippen molar-refractivity contribution in [2.24, 2.45) is 0 Å². The summed E-state index contributed by atoms with van der Waals surface area (Å²) in [5.41, 5.74) is 8.83. The van der Waals surface area contributed by atoms with Gasteiger partial charge in [0.25, 0.3) is 5.91 Å². The summed E-state index contributed by atoms with van der Waals surface area (Å²) >= 11 is 0. The number of fused-ring (bicyclic) bond motifs is 1. The molecule has 0 saturated heterocycles. The van der Waals surface area contributed by atoms with Crippen LogP contribution in [0.1, 0.15) is 21.6 Å².